The van der Waals surface area contributed by atoms with Crippen molar-refractivity contribution in [2.24, 2.45) is 22.2 Å². The van der Waals surface area contributed by atoms with E-state index < -0.39 is 0 Å². The minimum atomic E-state index is -0.0939. The number of benzene rings is 1. The molecule has 3 unspecified atom stereocenters. The number of aliphatic imine (C=N–C) groups is 1. The quantitative estimate of drug-likeness (QED) is 0.421. The Morgan fingerprint density at radius 1 is 1.06 bits per heavy atom. The second kappa shape index (κ2) is 10.1. The Bertz CT molecular complexity index is 1060. The average molecular weight is 483 g/mol. The van der Waals surface area contributed by atoms with Crippen LogP contribution in [-0.4, -0.2) is 24.3 Å². The van der Waals surface area contributed by atoms with E-state index >= 15 is 0 Å². The molecule has 1 N–H and O–H groups in total. The van der Waals surface area contributed by atoms with Gasteiger partial charge in [-0.05, 0) is 137 Å². The number of piperidine rings is 1. The summed E-state index contributed by atoms with van der Waals surface area (Å²) in [5.74, 6) is 2.10. The van der Waals surface area contributed by atoms with E-state index in [2.05, 4.69) is 61.3 Å². The molecule has 192 valence electrons. The third-order valence-corrected chi connectivity index (χ3v) is 10.6. The van der Waals surface area contributed by atoms with Crippen LogP contribution in [0.1, 0.15) is 101 Å². The summed E-state index contributed by atoms with van der Waals surface area (Å²) in [6.07, 6.45) is 23.7. The van der Waals surface area contributed by atoms with Crippen LogP contribution < -0.4 is 5.32 Å². The molecular formula is C34H46N2. The van der Waals surface area contributed by atoms with Gasteiger partial charge >= 0.3 is 0 Å². The molecule has 2 heteroatoms. The van der Waals surface area contributed by atoms with Crippen LogP contribution in [-0.2, 0) is 6.42 Å². The zero-order valence-corrected chi connectivity index (χ0v) is 22.5. The number of allylic oxidation sites excluding steroid dienone is 4. The molecule has 36 heavy (non-hydrogen) atoms. The minimum absolute atomic E-state index is 0.0939. The molecule has 1 aromatic rings. The maximum Gasteiger partial charge on any atom is 0.0792 e. The monoisotopic (exact) mass is 482 g/mol. The number of rotatable bonds is 5. The molecule has 2 aliphatic heterocycles. The predicted molar refractivity (Wildman–Crippen MR) is 153 cm³/mol. The third kappa shape index (κ3) is 4.95. The molecule has 2 nitrogen and oxygen atoms in total. The SMILES string of the molecule is C=C(Cc1ccccc1C1CCC2(CCCNC2)CC1)C1(C)CCC(C2CCC3=CC=CC(C3)C2)=N1. The number of hydrogen-bond acceptors (Lipinski definition) is 2. The molecule has 2 saturated carbocycles. The lowest BCUT2D eigenvalue weighted by Crippen LogP contribution is -2.42. The first-order valence-electron chi connectivity index (χ1n) is 14.9. The van der Waals surface area contributed by atoms with E-state index in [1.165, 1.54) is 94.1 Å². The predicted octanol–water partition coefficient (Wildman–Crippen LogP) is 8.11. The van der Waals surface area contributed by atoms with Crippen molar-refractivity contribution in [1.29, 1.82) is 0 Å². The second-order valence-electron chi connectivity index (χ2n) is 13.1. The average Bonchev–Trinajstić information content (AvgIpc) is 3.25. The van der Waals surface area contributed by atoms with E-state index in [9.17, 15) is 0 Å². The zero-order chi connectivity index (χ0) is 24.6. The van der Waals surface area contributed by atoms with Crippen LogP contribution in [0.5, 0.6) is 0 Å². The molecule has 2 bridgehead atoms. The lowest BCUT2D eigenvalue weighted by molar-refractivity contribution is 0.129. The van der Waals surface area contributed by atoms with Crippen molar-refractivity contribution in [2.45, 2.75) is 102 Å². The molecule has 1 spiro atoms. The molecule has 6 rings (SSSR count). The van der Waals surface area contributed by atoms with Crippen molar-refractivity contribution in [2.75, 3.05) is 13.1 Å². The smallest absolute Gasteiger partial charge is 0.0792 e. The molecule has 1 aromatic carbocycles. The minimum Gasteiger partial charge on any atom is -0.316 e. The highest BCUT2D eigenvalue weighted by Crippen LogP contribution is 2.47. The Morgan fingerprint density at radius 3 is 2.75 bits per heavy atom. The summed E-state index contributed by atoms with van der Waals surface area (Å²) in [6.45, 7) is 9.50. The van der Waals surface area contributed by atoms with Gasteiger partial charge in [0.1, 0.15) is 0 Å². The molecule has 5 aliphatic rings. The normalized spacial score (nSPS) is 36.3. The van der Waals surface area contributed by atoms with Crippen LogP contribution in [0.15, 0.2) is 65.2 Å². The van der Waals surface area contributed by atoms with Gasteiger partial charge in [-0.25, -0.2) is 0 Å². The zero-order valence-electron chi connectivity index (χ0n) is 22.5. The highest BCUT2D eigenvalue weighted by atomic mass is 14.9. The van der Waals surface area contributed by atoms with E-state index in [1.807, 2.05) is 0 Å². The highest BCUT2D eigenvalue weighted by molar-refractivity contribution is 5.89. The molecule has 0 radical (unpaired) electrons. The van der Waals surface area contributed by atoms with Gasteiger partial charge in [0.05, 0.1) is 5.54 Å². The standard InChI is InChI=1S/C34H46N2/c1-25(33(2)17-15-32(36-33)30-12-11-26-7-5-8-27(22-26)23-30)21-29-9-3-4-10-31(29)28-13-18-34(19-14-28)16-6-20-35-24-34/h3-5,7-10,27-28,30,35H,1,6,11-24H2,2H3. The Kier molecular flexibility index (Phi) is 6.84. The summed E-state index contributed by atoms with van der Waals surface area (Å²) in [5, 5.41) is 3.68. The maximum atomic E-state index is 5.46. The first-order chi connectivity index (χ1) is 17.5. The van der Waals surface area contributed by atoms with Crippen LogP contribution in [0.4, 0.5) is 0 Å². The molecule has 1 saturated heterocycles. The molecular weight excluding hydrogens is 436 g/mol. The fraction of sp³-hybridized carbons (Fsp3) is 0.618. The van der Waals surface area contributed by atoms with Gasteiger partial charge in [0, 0.05) is 12.3 Å². The van der Waals surface area contributed by atoms with Gasteiger partial charge in [-0.2, -0.15) is 0 Å². The van der Waals surface area contributed by atoms with Gasteiger partial charge in [0.2, 0.25) is 0 Å². The first-order valence-corrected chi connectivity index (χ1v) is 14.9. The van der Waals surface area contributed by atoms with E-state index in [0.717, 1.165) is 25.2 Å². The first kappa shape index (κ1) is 24.4. The number of nitrogens with zero attached hydrogens (tertiary/aromatic N) is 1. The van der Waals surface area contributed by atoms with Crippen molar-refractivity contribution in [3.05, 3.63) is 71.3 Å². The molecule has 3 fully saturated rings. The summed E-state index contributed by atoms with van der Waals surface area (Å²) >= 11 is 0. The topological polar surface area (TPSA) is 24.4 Å². The summed E-state index contributed by atoms with van der Waals surface area (Å²) in [7, 11) is 0. The largest absolute Gasteiger partial charge is 0.316 e. The Morgan fingerprint density at radius 2 is 1.92 bits per heavy atom. The molecule has 2 heterocycles. The second-order valence-corrected chi connectivity index (χ2v) is 13.1. The van der Waals surface area contributed by atoms with Crippen LogP contribution in [0, 0.1) is 17.3 Å². The van der Waals surface area contributed by atoms with E-state index in [0.29, 0.717) is 17.3 Å². The van der Waals surface area contributed by atoms with Crippen LogP contribution >= 0.6 is 0 Å². The molecule has 3 aliphatic carbocycles. The van der Waals surface area contributed by atoms with Crippen molar-refractivity contribution >= 4 is 5.71 Å². The lowest BCUT2D eigenvalue weighted by Gasteiger charge is -2.43. The van der Waals surface area contributed by atoms with Crippen molar-refractivity contribution in [3.8, 4) is 0 Å². The van der Waals surface area contributed by atoms with Gasteiger partial charge in [-0.3, -0.25) is 4.99 Å². The van der Waals surface area contributed by atoms with Crippen LogP contribution in [0.3, 0.4) is 0 Å². The Hall–Kier alpha value is -1.93. The summed E-state index contributed by atoms with van der Waals surface area (Å²) in [4.78, 5) is 5.46. The molecule has 3 atom stereocenters. The molecule has 0 amide bonds. The Labute approximate surface area is 219 Å². The highest BCUT2D eigenvalue weighted by Gasteiger charge is 2.39. The van der Waals surface area contributed by atoms with E-state index in [4.69, 9.17) is 4.99 Å². The van der Waals surface area contributed by atoms with Gasteiger partial charge in [-0.1, -0.05) is 54.6 Å². The number of nitrogens with one attached hydrogen (secondary N) is 1. The fourth-order valence-electron chi connectivity index (χ4n) is 8.18. The van der Waals surface area contributed by atoms with Gasteiger partial charge in [0.25, 0.3) is 0 Å². The van der Waals surface area contributed by atoms with Crippen molar-refractivity contribution in [3.63, 3.8) is 0 Å². The fourth-order valence-corrected chi connectivity index (χ4v) is 8.18. The maximum absolute atomic E-state index is 5.46. The van der Waals surface area contributed by atoms with E-state index in [1.54, 1.807) is 11.1 Å². The lowest BCUT2D eigenvalue weighted by atomic mass is 9.65. The van der Waals surface area contributed by atoms with Gasteiger partial charge in [-0.15, -0.1) is 0 Å². The Balaban J connectivity index is 1.13. The van der Waals surface area contributed by atoms with Crippen LogP contribution in [0.25, 0.3) is 0 Å². The summed E-state index contributed by atoms with van der Waals surface area (Å²) in [6, 6.07) is 9.29. The summed E-state index contributed by atoms with van der Waals surface area (Å²) in [5.41, 5.74) is 8.06. The van der Waals surface area contributed by atoms with Crippen LogP contribution in [0.2, 0.25) is 0 Å². The third-order valence-electron chi connectivity index (χ3n) is 10.6. The molecule has 0 aromatic heterocycles. The van der Waals surface area contributed by atoms with Crippen molar-refractivity contribution in [1.82, 2.24) is 5.32 Å². The van der Waals surface area contributed by atoms with Gasteiger partial charge in [0.15, 0.2) is 0 Å². The number of hydrogen-bond donors (Lipinski definition) is 1. The van der Waals surface area contributed by atoms with Crippen molar-refractivity contribution < 1.29 is 0 Å². The number of fused-ring (bicyclic) bond motifs is 2. The summed E-state index contributed by atoms with van der Waals surface area (Å²) < 4.78 is 0. The van der Waals surface area contributed by atoms with Gasteiger partial charge < -0.3 is 5.32 Å². The van der Waals surface area contributed by atoms with E-state index in [-0.39, 0.29) is 5.54 Å².